The van der Waals surface area contributed by atoms with Crippen LogP contribution >= 0.6 is 23.2 Å². The van der Waals surface area contributed by atoms with Crippen LogP contribution in [0.15, 0.2) is 42.5 Å². The summed E-state index contributed by atoms with van der Waals surface area (Å²) in [6.45, 7) is 7.99. The second kappa shape index (κ2) is 12.4. The number of rotatable bonds is 9. The van der Waals surface area contributed by atoms with Crippen LogP contribution in [-0.2, 0) is 11.3 Å². The van der Waals surface area contributed by atoms with Crippen molar-refractivity contribution in [2.45, 2.75) is 31.4 Å². The number of ether oxygens (including phenoxy) is 3. The normalized spacial score (nSPS) is 22.3. The van der Waals surface area contributed by atoms with Crippen molar-refractivity contribution in [3.63, 3.8) is 0 Å². The maximum atomic E-state index is 11.1. The van der Waals surface area contributed by atoms with E-state index in [1.165, 1.54) is 5.56 Å². The van der Waals surface area contributed by atoms with E-state index in [2.05, 4.69) is 28.0 Å². The van der Waals surface area contributed by atoms with Crippen molar-refractivity contribution in [1.29, 1.82) is 0 Å². The Labute approximate surface area is 212 Å². The van der Waals surface area contributed by atoms with Gasteiger partial charge in [-0.3, -0.25) is 9.80 Å². The van der Waals surface area contributed by atoms with Crippen molar-refractivity contribution in [3.8, 4) is 11.5 Å². The minimum Gasteiger partial charge on any atom is -0.492 e. The SMILES string of the molecule is O[C@@]1(COc2ccc(Cl)c(Cl)c2)CCCN(Cc2cccc(OCCN3CCOCC3)c2)CC1. The summed E-state index contributed by atoms with van der Waals surface area (Å²) in [4.78, 5) is 4.76. The highest BCUT2D eigenvalue weighted by atomic mass is 35.5. The Bertz CT molecular complexity index is 925. The summed E-state index contributed by atoms with van der Waals surface area (Å²) in [6.07, 6.45) is 2.27. The van der Waals surface area contributed by atoms with Crippen molar-refractivity contribution in [2.75, 3.05) is 59.2 Å². The second-order valence-corrected chi connectivity index (χ2v) is 9.98. The van der Waals surface area contributed by atoms with E-state index in [9.17, 15) is 5.11 Å². The lowest BCUT2D eigenvalue weighted by atomic mass is 9.96. The monoisotopic (exact) mass is 508 g/mol. The molecule has 6 nitrogen and oxygen atoms in total. The summed E-state index contributed by atoms with van der Waals surface area (Å²) in [7, 11) is 0. The number of morpholine rings is 1. The molecule has 0 saturated carbocycles. The van der Waals surface area contributed by atoms with Crippen molar-refractivity contribution in [1.82, 2.24) is 9.80 Å². The lowest BCUT2D eigenvalue weighted by Gasteiger charge is -2.27. The van der Waals surface area contributed by atoms with Gasteiger partial charge in [-0.15, -0.1) is 0 Å². The topological polar surface area (TPSA) is 54.4 Å². The first-order chi connectivity index (χ1) is 16.5. The number of halogens is 2. The van der Waals surface area contributed by atoms with E-state index in [1.54, 1.807) is 18.2 Å². The van der Waals surface area contributed by atoms with E-state index < -0.39 is 5.60 Å². The largest absolute Gasteiger partial charge is 0.492 e. The molecule has 0 radical (unpaired) electrons. The molecule has 186 valence electrons. The van der Waals surface area contributed by atoms with Crippen LogP contribution in [0.25, 0.3) is 0 Å². The Balaban J connectivity index is 1.23. The van der Waals surface area contributed by atoms with Gasteiger partial charge in [0.05, 0.1) is 28.9 Å². The van der Waals surface area contributed by atoms with E-state index in [-0.39, 0.29) is 6.61 Å². The Morgan fingerprint density at radius 2 is 1.71 bits per heavy atom. The third kappa shape index (κ3) is 7.74. The molecule has 0 aliphatic carbocycles. The zero-order chi connectivity index (χ0) is 23.8. The molecule has 2 aliphatic heterocycles. The molecule has 2 aliphatic rings. The number of benzene rings is 2. The summed E-state index contributed by atoms with van der Waals surface area (Å²) in [5.74, 6) is 1.53. The third-order valence-corrected chi connectivity index (χ3v) is 7.23. The number of hydrogen-bond acceptors (Lipinski definition) is 6. The Morgan fingerprint density at radius 1 is 0.882 bits per heavy atom. The summed E-state index contributed by atoms with van der Waals surface area (Å²) >= 11 is 12.0. The van der Waals surface area contributed by atoms with Crippen LogP contribution in [0, 0.1) is 0 Å². The summed E-state index contributed by atoms with van der Waals surface area (Å²) in [5, 5.41) is 12.1. The number of nitrogens with zero attached hydrogens (tertiary/aromatic N) is 2. The minimum absolute atomic E-state index is 0.241. The zero-order valence-electron chi connectivity index (χ0n) is 19.6. The van der Waals surface area contributed by atoms with Gasteiger partial charge in [0.15, 0.2) is 0 Å². The molecule has 1 atom stereocenters. The fraction of sp³-hybridized carbons (Fsp3) is 0.538. The molecule has 2 saturated heterocycles. The van der Waals surface area contributed by atoms with Crippen molar-refractivity contribution in [3.05, 3.63) is 58.1 Å². The van der Waals surface area contributed by atoms with Crippen LogP contribution in [0.3, 0.4) is 0 Å². The van der Waals surface area contributed by atoms with Crippen LogP contribution < -0.4 is 9.47 Å². The standard InChI is InChI=1S/C26H34Cl2N2O4/c27-24-6-5-23(18-25(24)28)34-20-26(31)7-2-9-30(10-8-26)19-21-3-1-4-22(17-21)33-16-13-29-11-14-32-15-12-29/h1,3-6,17-18,31H,2,7-16,19-20H2/t26-/m0/s1. The quantitative estimate of drug-likeness (QED) is 0.538. The molecule has 0 unspecified atom stereocenters. The number of hydrogen-bond donors (Lipinski definition) is 1. The number of aliphatic hydroxyl groups is 1. The summed E-state index contributed by atoms with van der Waals surface area (Å²) < 4.78 is 17.3. The molecule has 1 N–H and O–H groups in total. The van der Waals surface area contributed by atoms with Gasteiger partial charge in [-0.25, -0.2) is 0 Å². The van der Waals surface area contributed by atoms with E-state index in [4.69, 9.17) is 37.4 Å². The van der Waals surface area contributed by atoms with Crippen molar-refractivity contribution < 1.29 is 19.3 Å². The van der Waals surface area contributed by atoms with E-state index >= 15 is 0 Å². The van der Waals surface area contributed by atoms with Crippen LogP contribution in [-0.4, -0.2) is 79.7 Å². The van der Waals surface area contributed by atoms with Crippen molar-refractivity contribution in [2.24, 2.45) is 0 Å². The molecule has 4 rings (SSSR count). The van der Waals surface area contributed by atoms with Crippen molar-refractivity contribution >= 4 is 23.2 Å². The molecule has 34 heavy (non-hydrogen) atoms. The zero-order valence-corrected chi connectivity index (χ0v) is 21.1. The molecule has 2 aromatic carbocycles. The first-order valence-electron chi connectivity index (χ1n) is 12.0. The molecule has 8 heteroatoms. The van der Waals surface area contributed by atoms with Gasteiger partial charge in [-0.1, -0.05) is 35.3 Å². The predicted molar refractivity (Wildman–Crippen MR) is 135 cm³/mol. The average molecular weight is 509 g/mol. The first-order valence-corrected chi connectivity index (χ1v) is 12.8. The lowest BCUT2D eigenvalue weighted by Crippen LogP contribution is -2.38. The number of likely N-dealkylation sites (tertiary alicyclic amines) is 1. The molecule has 2 heterocycles. The van der Waals surface area contributed by atoms with Gasteiger partial charge in [0, 0.05) is 38.8 Å². The van der Waals surface area contributed by atoms with Gasteiger partial charge in [0.1, 0.15) is 24.7 Å². The molecule has 0 amide bonds. The van der Waals surface area contributed by atoms with Crippen LogP contribution in [0.1, 0.15) is 24.8 Å². The smallest absolute Gasteiger partial charge is 0.121 e. The second-order valence-electron chi connectivity index (χ2n) is 9.17. The van der Waals surface area contributed by atoms with Gasteiger partial charge in [0.2, 0.25) is 0 Å². The molecule has 2 fully saturated rings. The fourth-order valence-corrected chi connectivity index (χ4v) is 4.72. The first kappa shape index (κ1) is 25.5. The van der Waals surface area contributed by atoms with Crippen LogP contribution in [0.2, 0.25) is 10.0 Å². The van der Waals surface area contributed by atoms with E-state index in [0.29, 0.717) is 35.2 Å². The van der Waals surface area contributed by atoms with Gasteiger partial charge >= 0.3 is 0 Å². The van der Waals surface area contributed by atoms with E-state index in [0.717, 1.165) is 64.7 Å². The highest BCUT2D eigenvalue weighted by Crippen LogP contribution is 2.29. The van der Waals surface area contributed by atoms with Gasteiger partial charge < -0.3 is 19.3 Å². The summed E-state index contributed by atoms with van der Waals surface area (Å²) in [5.41, 5.74) is 0.368. The lowest BCUT2D eigenvalue weighted by molar-refractivity contribution is -0.0168. The Hall–Kier alpha value is -1.54. The highest BCUT2D eigenvalue weighted by Gasteiger charge is 2.31. The molecule has 0 aromatic heterocycles. The molecule has 0 spiro atoms. The third-order valence-electron chi connectivity index (χ3n) is 6.49. The molecule has 2 aromatic rings. The minimum atomic E-state index is -0.856. The molecule has 0 bridgehead atoms. The highest BCUT2D eigenvalue weighted by molar-refractivity contribution is 6.42. The fourth-order valence-electron chi connectivity index (χ4n) is 4.43. The summed E-state index contributed by atoms with van der Waals surface area (Å²) in [6, 6.07) is 13.5. The van der Waals surface area contributed by atoms with Crippen LogP contribution in [0.5, 0.6) is 11.5 Å². The predicted octanol–water partition coefficient (Wildman–Crippen LogP) is 4.50. The molecular weight excluding hydrogens is 475 g/mol. The Morgan fingerprint density at radius 3 is 2.53 bits per heavy atom. The Kier molecular flexibility index (Phi) is 9.34. The van der Waals surface area contributed by atoms with Gasteiger partial charge in [-0.2, -0.15) is 0 Å². The van der Waals surface area contributed by atoms with E-state index in [1.807, 2.05) is 6.07 Å². The molecular formula is C26H34Cl2N2O4. The van der Waals surface area contributed by atoms with Gasteiger partial charge in [-0.05, 0) is 55.6 Å². The average Bonchev–Trinajstić information content (AvgIpc) is 3.02. The maximum absolute atomic E-state index is 11.1. The van der Waals surface area contributed by atoms with Crippen LogP contribution in [0.4, 0.5) is 0 Å². The maximum Gasteiger partial charge on any atom is 0.121 e. The van der Waals surface area contributed by atoms with Gasteiger partial charge in [0.25, 0.3) is 0 Å².